The molecule has 1 amide bonds. The van der Waals surface area contributed by atoms with Crippen LogP contribution < -0.4 is 4.74 Å². The summed E-state index contributed by atoms with van der Waals surface area (Å²) in [5, 5.41) is 4.81. The van der Waals surface area contributed by atoms with Gasteiger partial charge in [0.05, 0.1) is 30.1 Å². The molecule has 2 aromatic carbocycles. The molecule has 1 aromatic heterocycles. The lowest BCUT2D eigenvalue weighted by Gasteiger charge is -2.26. The van der Waals surface area contributed by atoms with E-state index >= 15 is 0 Å². The molecule has 4 rings (SSSR count). The highest BCUT2D eigenvalue weighted by atomic mass is 35.5. The van der Waals surface area contributed by atoms with Gasteiger partial charge in [0.25, 0.3) is 5.91 Å². The standard InChI is InChI=1S/C21H20ClN3O2/c1-4-25-20(15-7-5-6-8-18(15)27-3)16-11-13(9-10-14(16)21(25)26)19-17(22)12-23-24(19)2/h5-12,20H,4H2,1-3H3. The molecular weight excluding hydrogens is 362 g/mol. The monoisotopic (exact) mass is 381 g/mol. The number of halogens is 1. The van der Waals surface area contributed by atoms with Gasteiger partial charge in [0.15, 0.2) is 0 Å². The predicted octanol–water partition coefficient (Wildman–Crippen LogP) is 4.31. The zero-order chi connectivity index (χ0) is 19.1. The van der Waals surface area contributed by atoms with Crippen molar-refractivity contribution in [3.63, 3.8) is 0 Å². The molecule has 0 radical (unpaired) electrons. The minimum absolute atomic E-state index is 0.0334. The van der Waals surface area contributed by atoms with Gasteiger partial charge >= 0.3 is 0 Å². The number of fused-ring (bicyclic) bond motifs is 1. The average Bonchev–Trinajstić information content (AvgIpc) is 3.17. The number of rotatable bonds is 4. The van der Waals surface area contributed by atoms with Gasteiger partial charge in [-0.15, -0.1) is 0 Å². The van der Waals surface area contributed by atoms with Crippen molar-refractivity contribution < 1.29 is 9.53 Å². The van der Waals surface area contributed by atoms with Crippen LogP contribution in [0.5, 0.6) is 5.75 Å². The van der Waals surface area contributed by atoms with Crippen LogP contribution in [0.15, 0.2) is 48.7 Å². The molecule has 27 heavy (non-hydrogen) atoms. The van der Waals surface area contributed by atoms with Gasteiger partial charge in [-0.3, -0.25) is 9.48 Å². The summed E-state index contributed by atoms with van der Waals surface area (Å²) in [6.07, 6.45) is 1.63. The fourth-order valence-corrected chi connectivity index (χ4v) is 4.14. The average molecular weight is 382 g/mol. The topological polar surface area (TPSA) is 47.4 Å². The molecule has 3 aromatic rings. The number of ether oxygens (including phenoxy) is 1. The number of methoxy groups -OCH3 is 1. The van der Waals surface area contributed by atoms with Gasteiger partial charge in [0.1, 0.15) is 5.75 Å². The summed E-state index contributed by atoms with van der Waals surface area (Å²) in [6, 6.07) is 13.5. The van der Waals surface area contributed by atoms with E-state index in [4.69, 9.17) is 16.3 Å². The van der Waals surface area contributed by atoms with Crippen molar-refractivity contribution in [2.45, 2.75) is 13.0 Å². The molecule has 0 aliphatic carbocycles. The molecule has 0 saturated heterocycles. The number of carbonyl (C=O) groups is 1. The lowest BCUT2D eigenvalue weighted by molar-refractivity contribution is 0.0758. The number of para-hydroxylation sites is 1. The third kappa shape index (κ3) is 2.70. The van der Waals surface area contributed by atoms with Gasteiger partial charge in [-0.25, -0.2) is 0 Å². The van der Waals surface area contributed by atoms with E-state index in [2.05, 4.69) is 5.10 Å². The summed E-state index contributed by atoms with van der Waals surface area (Å²) in [7, 11) is 3.51. The van der Waals surface area contributed by atoms with Gasteiger partial charge in [-0.05, 0) is 30.7 Å². The summed E-state index contributed by atoms with van der Waals surface area (Å²) >= 11 is 6.34. The Morgan fingerprint density at radius 1 is 1.19 bits per heavy atom. The maximum Gasteiger partial charge on any atom is 0.255 e. The number of benzene rings is 2. The number of nitrogens with zero attached hydrogens (tertiary/aromatic N) is 3. The van der Waals surface area contributed by atoms with E-state index in [1.165, 1.54) is 0 Å². The molecule has 6 heteroatoms. The first-order valence-corrected chi connectivity index (χ1v) is 9.20. The van der Waals surface area contributed by atoms with E-state index in [0.717, 1.165) is 33.7 Å². The van der Waals surface area contributed by atoms with Crippen molar-refractivity contribution in [3.8, 4) is 17.0 Å². The first-order valence-electron chi connectivity index (χ1n) is 8.82. The van der Waals surface area contributed by atoms with E-state index < -0.39 is 0 Å². The number of hydrogen-bond donors (Lipinski definition) is 0. The molecule has 2 heterocycles. The van der Waals surface area contributed by atoms with Crippen LogP contribution in [-0.4, -0.2) is 34.2 Å². The first kappa shape index (κ1) is 17.6. The number of amides is 1. The van der Waals surface area contributed by atoms with Crippen LogP contribution in [0, 0.1) is 0 Å². The minimum Gasteiger partial charge on any atom is -0.496 e. The molecule has 0 N–H and O–H groups in total. The zero-order valence-corrected chi connectivity index (χ0v) is 16.2. The molecule has 138 valence electrons. The summed E-state index contributed by atoms with van der Waals surface area (Å²) in [5.74, 6) is 0.802. The van der Waals surface area contributed by atoms with Crippen molar-refractivity contribution in [3.05, 3.63) is 70.4 Å². The van der Waals surface area contributed by atoms with Gasteiger partial charge in [-0.1, -0.05) is 35.9 Å². The Kier molecular flexibility index (Phi) is 4.40. The first-order chi connectivity index (χ1) is 13.1. The predicted molar refractivity (Wildman–Crippen MR) is 105 cm³/mol. The summed E-state index contributed by atoms with van der Waals surface area (Å²) < 4.78 is 7.31. The largest absolute Gasteiger partial charge is 0.496 e. The third-order valence-corrected chi connectivity index (χ3v) is 5.37. The maximum atomic E-state index is 13.0. The SMILES string of the molecule is CCN1C(=O)c2ccc(-c3c(Cl)cnn3C)cc2C1c1ccccc1OC. The van der Waals surface area contributed by atoms with E-state index in [0.29, 0.717) is 11.6 Å². The van der Waals surface area contributed by atoms with Gasteiger partial charge in [-0.2, -0.15) is 5.10 Å². The summed E-state index contributed by atoms with van der Waals surface area (Å²) in [5.41, 5.74) is 4.42. The molecule has 0 spiro atoms. The lowest BCUT2D eigenvalue weighted by atomic mass is 9.94. The fraction of sp³-hybridized carbons (Fsp3) is 0.238. The van der Waals surface area contributed by atoms with Crippen molar-refractivity contribution in [2.24, 2.45) is 7.05 Å². The number of aromatic nitrogens is 2. The molecule has 1 aliphatic rings. The van der Waals surface area contributed by atoms with Crippen molar-refractivity contribution in [1.29, 1.82) is 0 Å². The third-order valence-electron chi connectivity index (χ3n) is 5.09. The molecule has 1 aliphatic heterocycles. The highest BCUT2D eigenvalue weighted by Gasteiger charge is 2.38. The maximum absolute atomic E-state index is 13.0. The molecule has 0 saturated carbocycles. The van der Waals surface area contributed by atoms with Crippen molar-refractivity contribution in [2.75, 3.05) is 13.7 Å². The van der Waals surface area contributed by atoms with Gasteiger partial charge in [0, 0.05) is 30.3 Å². The van der Waals surface area contributed by atoms with E-state index in [-0.39, 0.29) is 11.9 Å². The lowest BCUT2D eigenvalue weighted by Crippen LogP contribution is -2.28. The Morgan fingerprint density at radius 2 is 1.96 bits per heavy atom. The number of aryl methyl sites for hydroxylation is 1. The van der Waals surface area contributed by atoms with Crippen LogP contribution in [0.3, 0.4) is 0 Å². The summed E-state index contributed by atoms with van der Waals surface area (Å²) in [6.45, 7) is 2.60. The van der Waals surface area contributed by atoms with Crippen LogP contribution in [0.2, 0.25) is 5.02 Å². The fourth-order valence-electron chi connectivity index (χ4n) is 3.86. The van der Waals surface area contributed by atoms with Crippen LogP contribution >= 0.6 is 11.6 Å². The molecular formula is C21H20ClN3O2. The number of carbonyl (C=O) groups excluding carboxylic acids is 1. The van der Waals surface area contributed by atoms with Crippen LogP contribution in [0.25, 0.3) is 11.3 Å². The van der Waals surface area contributed by atoms with Gasteiger partial charge in [0.2, 0.25) is 0 Å². The van der Waals surface area contributed by atoms with E-state index in [9.17, 15) is 4.79 Å². The van der Waals surface area contributed by atoms with E-state index in [1.807, 2.05) is 61.3 Å². The Hall–Kier alpha value is -2.79. The van der Waals surface area contributed by atoms with Crippen LogP contribution in [0.1, 0.15) is 34.5 Å². The molecule has 0 fully saturated rings. The van der Waals surface area contributed by atoms with Crippen LogP contribution in [-0.2, 0) is 7.05 Å². The van der Waals surface area contributed by atoms with Crippen molar-refractivity contribution in [1.82, 2.24) is 14.7 Å². The highest BCUT2D eigenvalue weighted by Crippen LogP contribution is 2.43. The number of hydrogen-bond acceptors (Lipinski definition) is 3. The Labute approximate surface area is 163 Å². The molecule has 1 unspecified atom stereocenters. The molecule has 1 atom stereocenters. The van der Waals surface area contributed by atoms with E-state index in [1.54, 1.807) is 18.0 Å². The second-order valence-electron chi connectivity index (χ2n) is 6.50. The Morgan fingerprint density at radius 3 is 2.63 bits per heavy atom. The normalized spacial score (nSPS) is 15.9. The molecule has 0 bridgehead atoms. The second kappa shape index (κ2) is 6.74. The van der Waals surface area contributed by atoms with Crippen molar-refractivity contribution >= 4 is 17.5 Å². The zero-order valence-electron chi connectivity index (χ0n) is 15.4. The second-order valence-corrected chi connectivity index (χ2v) is 6.91. The summed E-state index contributed by atoms with van der Waals surface area (Å²) in [4.78, 5) is 14.9. The Bertz CT molecular complexity index is 1010. The quantitative estimate of drug-likeness (QED) is 0.676. The Balaban J connectivity index is 1.92. The van der Waals surface area contributed by atoms with Crippen LogP contribution in [0.4, 0.5) is 0 Å². The smallest absolute Gasteiger partial charge is 0.255 e. The minimum atomic E-state index is -0.194. The molecule has 5 nitrogen and oxygen atoms in total. The highest BCUT2D eigenvalue weighted by molar-refractivity contribution is 6.33. The van der Waals surface area contributed by atoms with Gasteiger partial charge < -0.3 is 9.64 Å².